The minimum atomic E-state index is -2.30. The first kappa shape index (κ1) is 13.2. The summed E-state index contributed by atoms with van der Waals surface area (Å²) in [6, 6.07) is 18.7. The largest absolute Gasteiger partial charge is 0.437 e. The highest BCUT2D eigenvalue weighted by Gasteiger charge is 2.20. The van der Waals surface area contributed by atoms with Crippen molar-refractivity contribution in [1.82, 2.24) is 19.5 Å². The lowest BCUT2D eigenvalue weighted by Gasteiger charge is -2.10. The van der Waals surface area contributed by atoms with Crippen LogP contribution < -0.4 is 0 Å². The van der Waals surface area contributed by atoms with Crippen LogP contribution in [-0.4, -0.2) is 19.5 Å². The standard InChI is InChI=1S/C24H16N4O/c1-15-9-10-18(22-21(15)17-8-5-12-26-24(17)29-22)23-27-19-11-13-25-14-20(19)28(23)16-6-3-2-4-7-16/h2-14H,1H3/i1D3. The zero-order valence-electron chi connectivity index (χ0n) is 18.2. The Morgan fingerprint density at radius 2 is 1.90 bits per heavy atom. The Bertz CT molecular complexity index is 1620. The van der Waals surface area contributed by atoms with E-state index in [9.17, 15) is 0 Å². The van der Waals surface area contributed by atoms with E-state index < -0.39 is 6.85 Å². The molecule has 0 aliphatic rings. The van der Waals surface area contributed by atoms with Crippen LogP contribution in [0.25, 0.3) is 50.2 Å². The van der Waals surface area contributed by atoms with E-state index in [0.29, 0.717) is 33.5 Å². The first-order chi connectivity index (χ1) is 15.5. The van der Waals surface area contributed by atoms with E-state index >= 15 is 0 Å². The average Bonchev–Trinajstić information content (AvgIpc) is 3.37. The van der Waals surface area contributed by atoms with E-state index in [1.165, 1.54) is 0 Å². The maximum absolute atomic E-state index is 8.05. The third-order valence-corrected chi connectivity index (χ3v) is 5.11. The number of fused-ring (bicyclic) bond motifs is 4. The molecule has 138 valence electrons. The van der Waals surface area contributed by atoms with Gasteiger partial charge in [0.2, 0.25) is 5.71 Å². The second kappa shape index (κ2) is 6.01. The van der Waals surface area contributed by atoms with Gasteiger partial charge in [-0.3, -0.25) is 9.55 Å². The number of hydrogen-bond acceptors (Lipinski definition) is 4. The Kier molecular flexibility index (Phi) is 2.74. The Morgan fingerprint density at radius 3 is 2.79 bits per heavy atom. The summed E-state index contributed by atoms with van der Waals surface area (Å²) in [7, 11) is 0. The van der Waals surface area contributed by atoms with Crippen LogP contribution in [0.15, 0.2) is 83.7 Å². The fraction of sp³-hybridized carbons (Fsp3) is 0.0417. The summed E-state index contributed by atoms with van der Waals surface area (Å²) in [5.74, 6) is 0.639. The smallest absolute Gasteiger partial charge is 0.227 e. The molecule has 6 aromatic rings. The number of para-hydroxylation sites is 1. The van der Waals surface area contributed by atoms with Gasteiger partial charge >= 0.3 is 0 Å². The van der Waals surface area contributed by atoms with Crippen molar-refractivity contribution in [2.24, 2.45) is 0 Å². The molecule has 6 rings (SSSR count). The van der Waals surface area contributed by atoms with Crippen LogP contribution in [0.1, 0.15) is 9.68 Å². The molecule has 0 aliphatic heterocycles. The molecule has 2 aromatic carbocycles. The van der Waals surface area contributed by atoms with Gasteiger partial charge in [0.05, 0.1) is 22.8 Å². The summed E-state index contributed by atoms with van der Waals surface area (Å²) in [6.45, 7) is -2.30. The van der Waals surface area contributed by atoms with Crippen LogP contribution >= 0.6 is 0 Å². The van der Waals surface area contributed by atoms with Crippen LogP contribution in [0.2, 0.25) is 0 Å². The van der Waals surface area contributed by atoms with E-state index in [0.717, 1.165) is 16.7 Å². The second-order valence-electron chi connectivity index (χ2n) is 6.79. The molecule has 0 unspecified atom stereocenters. The Labute approximate surface area is 170 Å². The highest BCUT2D eigenvalue weighted by molar-refractivity contribution is 6.10. The monoisotopic (exact) mass is 379 g/mol. The molecule has 5 heteroatoms. The Balaban J connectivity index is 1.76. The number of hydrogen-bond donors (Lipinski definition) is 0. The van der Waals surface area contributed by atoms with E-state index in [-0.39, 0.29) is 5.56 Å². The Hall–Kier alpha value is -3.99. The number of nitrogens with zero attached hydrogens (tertiary/aromatic N) is 4. The fourth-order valence-corrected chi connectivity index (χ4v) is 3.83. The molecule has 29 heavy (non-hydrogen) atoms. The van der Waals surface area contributed by atoms with Gasteiger partial charge in [-0.05, 0) is 48.8 Å². The van der Waals surface area contributed by atoms with E-state index in [4.69, 9.17) is 13.5 Å². The fourth-order valence-electron chi connectivity index (χ4n) is 3.83. The predicted octanol–water partition coefficient (Wildman–Crippen LogP) is 5.69. The SMILES string of the molecule is [2H]C([2H])([2H])c1ccc(-c2nc3ccncc3n2-c2ccccc2)c2oc3ncccc3c12. The molecule has 0 saturated carbocycles. The number of pyridine rings is 2. The minimum absolute atomic E-state index is 0.229. The molecule has 0 saturated heterocycles. The minimum Gasteiger partial charge on any atom is -0.437 e. The topological polar surface area (TPSA) is 56.7 Å². The van der Waals surface area contributed by atoms with Gasteiger partial charge < -0.3 is 4.42 Å². The number of furan rings is 1. The zero-order valence-corrected chi connectivity index (χ0v) is 15.2. The highest BCUT2D eigenvalue weighted by atomic mass is 16.3. The van der Waals surface area contributed by atoms with Crippen LogP contribution in [0.4, 0.5) is 0 Å². The van der Waals surface area contributed by atoms with Gasteiger partial charge in [0, 0.05) is 33.0 Å². The third-order valence-electron chi connectivity index (χ3n) is 5.11. The molecular formula is C24H16N4O. The van der Waals surface area contributed by atoms with Crippen LogP contribution in [0, 0.1) is 6.85 Å². The van der Waals surface area contributed by atoms with Crippen molar-refractivity contribution in [3.63, 3.8) is 0 Å². The molecule has 0 fully saturated rings. The molecule has 0 atom stereocenters. The van der Waals surface area contributed by atoms with Gasteiger partial charge in [-0.25, -0.2) is 9.97 Å². The number of aryl methyl sites for hydroxylation is 1. The number of aromatic nitrogens is 4. The lowest BCUT2D eigenvalue weighted by Crippen LogP contribution is -1.98. The predicted molar refractivity (Wildman–Crippen MR) is 114 cm³/mol. The summed E-state index contributed by atoms with van der Waals surface area (Å²) >= 11 is 0. The van der Waals surface area contributed by atoms with Crippen molar-refractivity contribution < 1.29 is 8.53 Å². The maximum atomic E-state index is 8.05. The molecule has 0 bridgehead atoms. The molecule has 4 aromatic heterocycles. The quantitative estimate of drug-likeness (QED) is 0.388. The molecule has 0 amide bonds. The number of rotatable bonds is 2. The van der Waals surface area contributed by atoms with Gasteiger partial charge in [0.1, 0.15) is 11.4 Å². The molecule has 0 radical (unpaired) electrons. The molecule has 4 heterocycles. The normalized spacial score (nSPS) is 13.6. The highest BCUT2D eigenvalue weighted by Crippen LogP contribution is 2.38. The summed E-state index contributed by atoms with van der Waals surface area (Å²) < 4.78 is 32.3. The number of imidazole rings is 1. The van der Waals surface area contributed by atoms with Gasteiger partial charge in [-0.2, -0.15) is 0 Å². The maximum Gasteiger partial charge on any atom is 0.227 e. The lowest BCUT2D eigenvalue weighted by atomic mass is 10.0. The molecule has 0 N–H and O–H groups in total. The summed E-state index contributed by atoms with van der Waals surface area (Å²) in [6.07, 6.45) is 5.10. The first-order valence-electron chi connectivity index (χ1n) is 10.7. The van der Waals surface area contributed by atoms with Gasteiger partial charge in [0.15, 0.2) is 0 Å². The van der Waals surface area contributed by atoms with Crippen molar-refractivity contribution in [3.8, 4) is 17.1 Å². The van der Waals surface area contributed by atoms with Crippen molar-refractivity contribution >= 4 is 33.1 Å². The van der Waals surface area contributed by atoms with Crippen LogP contribution in [0.5, 0.6) is 0 Å². The number of benzene rings is 2. The summed E-state index contributed by atoms with van der Waals surface area (Å²) in [4.78, 5) is 13.5. The Morgan fingerprint density at radius 1 is 0.966 bits per heavy atom. The van der Waals surface area contributed by atoms with Gasteiger partial charge in [-0.1, -0.05) is 24.3 Å². The van der Waals surface area contributed by atoms with E-state index in [1.807, 2.05) is 47.0 Å². The summed E-state index contributed by atoms with van der Waals surface area (Å²) in [5, 5.41) is 1.20. The van der Waals surface area contributed by atoms with E-state index in [1.54, 1.807) is 36.8 Å². The van der Waals surface area contributed by atoms with E-state index in [2.05, 4.69) is 9.97 Å². The molecule has 0 spiro atoms. The van der Waals surface area contributed by atoms with Crippen molar-refractivity contribution in [2.45, 2.75) is 6.85 Å². The molecular weight excluding hydrogens is 360 g/mol. The molecule has 0 aliphatic carbocycles. The average molecular weight is 379 g/mol. The summed E-state index contributed by atoms with van der Waals surface area (Å²) in [5.41, 5.74) is 4.30. The van der Waals surface area contributed by atoms with Crippen molar-refractivity contribution in [1.29, 1.82) is 0 Å². The van der Waals surface area contributed by atoms with Crippen LogP contribution in [0.3, 0.4) is 0 Å². The molecule has 5 nitrogen and oxygen atoms in total. The lowest BCUT2D eigenvalue weighted by molar-refractivity contribution is 0.654. The van der Waals surface area contributed by atoms with Crippen molar-refractivity contribution in [3.05, 3.63) is 84.8 Å². The van der Waals surface area contributed by atoms with Gasteiger partial charge in [-0.15, -0.1) is 0 Å². The van der Waals surface area contributed by atoms with Crippen LogP contribution in [-0.2, 0) is 0 Å². The third kappa shape index (κ3) is 2.31. The second-order valence-corrected chi connectivity index (χ2v) is 6.79. The zero-order chi connectivity index (χ0) is 21.9. The van der Waals surface area contributed by atoms with Crippen molar-refractivity contribution in [2.75, 3.05) is 0 Å². The first-order valence-corrected chi connectivity index (χ1v) is 9.21. The van der Waals surface area contributed by atoms with Gasteiger partial charge in [0.25, 0.3) is 0 Å².